The minimum atomic E-state index is -0.818. The summed E-state index contributed by atoms with van der Waals surface area (Å²) in [4.78, 5) is 13.1. The van der Waals surface area contributed by atoms with Crippen LogP contribution < -0.4 is 0 Å². The third-order valence-corrected chi connectivity index (χ3v) is 13.8. The lowest BCUT2D eigenvalue weighted by Crippen LogP contribution is -2.67. The topological polar surface area (TPSA) is 66.8 Å². The molecule has 0 heterocycles. The zero-order valence-corrected chi connectivity index (χ0v) is 23.2. The van der Waals surface area contributed by atoms with E-state index in [1.54, 1.807) is 0 Å². The standard InChI is InChI=1S/C31H50O4/c1-19(18-32)20-10-13-27(2)16-17-29(4)21(25(20)27)8-9-22-28(3)14-12-24(33)31(6,26(34)35-7)23(28)11-15-30(22,29)5/h20-25,32-33H,1,8-18H2,2-7H3/t20-,21+,22+,23+,24-,25+,27+,28+,29+,30+,31+/m0/s1. The van der Waals surface area contributed by atoms with Gasteiger partial charge in [0.15, 0.2) is 0 Å². The van der Waals surface area contributed by atoms with Crippen molar-refractivity contribution in [2.24, 2.45) is 56.7 Å². The van der Waals surface area contributed by atoms with Gasteiger partial charge in [-0.1, -0.05) is 34.3 Å². The summed E-state index contributed by atoms with van der Waals surface area (Å²) in [6, 6.07) is 0. The summed E-state index contributed by atoms with van der Waals surface area (Å²) < 4.78 is 5.30. The summed E-state index contributed by atoms with van der Waals surface area (Å²) in [6.07, 6.45) is 10.6. The molecule has 35 heavy (non-hydrogen) atoms. The Bertz CT molecular complexity index is 898. The number of ether oxygens (including phenoxy) is 1. The highest BCUT2D eigenvalue weighted by molar-refractivity contribution is 5.78. The molecule has 0 amide bonds. The van der Waals surface area contributed by atoms with Gasteiger partial charge in [-0.2, -0.15) is 0 Å². The first-order chi connectivity index (χ1) is 16.3. The predicted molar refractivity (Wildman–Crippen MR) is 138 cm³/mol. The van der Waals surface area contributed by atoms with Gasteiger partial charge in [-0.15, -0.1) is 0 Å². The molecule has 5 saturated carbocycles. The Morgan fingerprint density at radius 2 is 1.60 bits per heavy atom. The van der Waals surface area contributed by atoms with Crippen LogP contribution in [0, 0.1) is 56.7 Å². The van der Waals surface area contributed by atoms with Crippen molar-refractivity contribution in [1.82, 2.24) is 0 Å². The van der Waals surface area contributed by atoms with Gasteiger partial charge in [-0.05, 0) is 128 Å². The highest BCUT2D eigenvalue weighted by atomic mass is 16.5. The second-order valence-electron chi connectivity index (χ2n) is 14.6. The maximum absolute atomic E-state index is 13.1. The highest BCUT2D eigenvalue weighted by Crippen LogP contribution is 2.77. The van der Waals surface area contributed by atoms with Crippen LogP contribution >= 0.6 is 0 Å². The van der Waals surface area contributed by atoms with E-state index in [1.807, 2.05) is 6.92 Å². The third-order valence-electron chi connectivity index (χ3n) is 13.8. The fraction of sp³-hybridized carbons (Fsp3) is 0.903. The van der Waals surface area contributed by atoms with Crippen LogP contribution in [0.5, 0.6) is 0 Å². The van der Waals surface area contributed by atoms with Crippen molar-refractivity contribution in [2.75, 3.05) is 13.7 Å². The number of aliphatic hydroxyl groups excluding tert-OH is 2. The summed E-state index contributed by atoms with van der Waals surface area (Å²) in [5.74, 6) is 2.23. The summed E-state index contributed by atoms with van der Waals surface area (Å²) in [7, 11) is 1.47. The average molecular weight is 487 g/mol. The zero-order chi connectivity index (χ0) is 25.6. The van der Waals surface area contributed by atoms with Crippen LogP contribution in [0.2, 0.25) is 0 Å². The number of esters is 1. The average Bonchev–Trinajstić information content (AvgIpc) is 3.18. The lowest BCUT2D eigenvalue weighted by atomic mass is 9.32. The van der Waals surface area contributed by atoms with Crippen LogP contribution in [-0.2, 0) is 9.53 Å². The number of aliphatic hydroxyl groups is 2. The van der Waals surface area contributed by atoms with E-state index in [-0.39, 0.29) is 34.7 Å². The molecular formula is C31H50O4. The van der Waals surface area contributed by atoms with E-state index in [2.05, 4.69) is 34.3 Å². The van der Waals surface area contributed by atoms with Crippen molar-refractivity contribution in [3.05, 3.63) is 12.2 Å². The van der Waals surface area contributed by atoms with Gasteiger partial charge in [-0.25, -0.2) is 0 Å². The molecule has 11 atom stereocenters. The van der Waals surface area contributed by atoms with Crippen molar-refractivity contribution < 1.29 is 19.7 Å². The molecule has 5 aliphatic carbocycles. The second kappa shape index (κ2) is 8.06. The summed E-state index contributed by atoms with van der Waals surface area (Å²) >= 11 is 0. The second-order valence-corrected chi connectivity index (χ2v) is 14.6. The molecule has 0 radical (unpaired) electrons. The van der Waals surface area contributed by atoms with E-state index >= 15 is 0 Å². The third kappa shape index (κ3) is 3.08. The highest BCUT2D eigenvalue weighted by Gasteiger charge is 2.71. The molecule has 2 N–H and O–H groups in total. The molecule has 198 valence electrons. The Morgan fingerprint density at radius 3 is 2.26 bits per heavy atom. The first-order valence-corrected chi connectivity index (χ1v) is 14.4. The number of hydrogen-bond acceptors (Lipinski definition) is 4. The van der Waals surface area contributed by atoms with E-state index < -0.39 is 11.5 Å². The van der Waals surface area contributed by atoms with Gasteiger partial charge >= 0.3 is 5.97 Å². The van der Waals surface area contributed by atoms with Gasteiger partial charge in [0.1, 0.15) is 0 Å². The molecule has 0 saturated heterocycles. The summed E-state index contributed by atoms with van der Waals surface area (Å²) in [5.41, 5.74) is 1.12. The summed E-state index contributed by atoms with van der Waals surface area (Å²) in [6.45, 7) is 16.6. The van der Waals surface area contributed by atoms with Gasteiger partial charge in [0.05, 0.1) is 25.2 Å². The minimum Gasteiger partial charge on any atom is -0.469 e. The molecule has 5 rings (SSSR count). The molecule has 0 aromatic heterocycles. The molecule has 0 bridgehead atoms. The van der Waals surface area contributed by atoms with Crippen molar-refractivity contribution in [3.63, 3.8) is 0 Å². The Labute approximate surface area is 213 Å². The van der Waals surface area contributed by atoms with Crippen LogP contribution in [0.3, 0.4) is 0 Å². The molecule has 5 aliphatic rings. The van der Waals surface area contributed by atoms with Crippen molar-refractivity contribution in [3.8, 4) is 0 Å². The minimum absolute atomic E-state index is 0.0354. The lowest BCUT2D eigenvalue weighted by molar-refractivity contribution is -0.250. The van der Waals surface area contributed by atoms with E-state index in [4.69, 9.17) is 4.74 Å². The zero-order valence-electron chi connectivity index (χ0n) is 23.2. The maximum Gasteiger partial charge on any atom is 0.314 e. The molecule has 0 spiro atoms. The molecule has 0 aliphatic heterocycles. The molecule has 0 aromatic carbocycles. The fourth-order valence-corrected chi connectivity index (χ4v) is 11.7. The van der Waals surface area contributed by atoms with E-state index in [1.165, 1.54) is 45.6 Å². The SMILES string of the molecule is C=C(CO)[C@@H]1CC[C@]2(C)CC[C@]3(C)[C@H](CC[C@@H]4[C@@]5(C)CC[C@H](O)[C@](C)(C(=O)OC)[C@@H]5CC[C@]43C)[C@@H]12. The first kappa shape index (κ1) is 25.8. The van der Waals surface area contributed by atoms with Crippen LogP contribution in [0.25, 0.3) is 0 Å². The number of rotatable bonds is 3. The molecule has 0 aromatic rings. The molecule has 0 unspecified atom stereocenters. The van der Waals surface area contributed by atoms with E-state index in [9.17, 15) is 15.0 Å². The quantitative estimate of drug-likeness (QED) is 0.371. The molecule has 5 fully saturated rings. The number of fused-ring (bicyclic) bond motifs is 7. The van der Waals surface area contributed by atoms with Gasteiger partial charge in [-0.3, -0.25) is 4.79 Å². The van der Waals surface area contributed by atoms with Crippen LogP contribution in [0.1, 0.15) is 98.8 Å². The Balaban J connectivity index is 1.54. The Hall–Kier alpha value is -0.870. The maximum atomic E-state index is 13.1. The molecular weight excluding hydrogens is 436 g/mol. The summed E-state index contributed by atoms with van der Waals surface area (Å²) in [5, 5.41) is 21.1. The monoisotopic (exact) mass is 486 g/mol. The normalized spacial score (nSPS) is 55.2. The number of methoxy groups -OCH3 is 1. The van der Waals surface area contributed by atoms with Gasteiger partial charge in [0.2, 0.25) is 0 Å². The van der Waals surface area contributed by atoms with Gasteiger partial charge < -0.3 is 14.9 Å². The van der Waals surface area contributed by atoms with Crippen LogP contribution in [0.15, 0.2) is 12.2 Å². The Kier molecular flexibility index (Phi) is 5.94. The number of hydrogen-bond donors (Lipinski definition) is 2. The van der Waals surface area contributed by atoms with Crippen molar-refractivity contribution >= 4 is 5.97 Å². The van der Waals surface area contributed by atoms with E-state index in [0.717, 1.165) is 24.8 Å². The smallest absolute Gasteiger partial charge is 0.314 e. The van der Waals surface area contributed by atoms with Crippen LogP contribution in [-0.4, -0.2) is 36.0 Å². The van der Waals surface area contributed by atoms with Crippen molar-refractivity contribution in [2.45, 2.75) is 105 Å². The van der Waals surface area contributed by atoms with E-state index in [0.29, 0.717) is 35.5 Å². The Morgan fingerprint density at radius 1 is 0.886 bits per heavy atom. The predicted octanol–water partition coefficient (Wildman–Crippen LogP) is 6.15. The largest absolute Gasteiger partial charge is 0.469 e. The van der Waals surface area contributed by atoms with Gasteiger partial charge in [0, 0.05) is 0 Å². The number of carbonyl (C=O) groups excluding carboxylic acids is 1. The molecule has 4 heteroatoms. The molecule has 4 nitrogen and oxygen atoms in total. The fourth-order valence-electron chi connectivity index (χ4n) is 11.7. The lowest BCUT2D eigenvalue weighted by Gasteiger charge is -2.72. The van der Waals surface area contributed by atoms with Gasteiger partial charge in [0.25, 0.3) is 0 Å². The van der Waals surface area contributed by atoms with Crippen LogP contribution in [0.4, 0.5) is 0 Å². The number of carbonyl (C=O) groups is 1. The first-order valence-electron chi connectivity index (χ1n) is 14.4. The van der Waals surface area contributed by atoms with Crippen molar-refractivity contribution in [1.29, 1.82) is 0 Å².